The molecule has 3 amide bonds. The number of carbonyl (C=O) groups excluding carboxylic acids is 3. The number of hydrogen-bond donors (Lipinski definition) is 1. The van der Waals surface area contributed by atoms with Gasteiger partial charge >= 0.3 is 6.03 Å². The molecule has 0 spiro atoms. The fraction of sp³-hybridized carbons (Fsp3) is 0.174. The van der Waals surface area contributed by atoms with Gasteiger partial charge in [0.1, 0.15) is 11.3 Å². The van der Waals surface area contributed by atoms with Crippen molar-refractivity contribution in [2.45, 2.75) is 12.5 Å². The predicted octanol–water partition coefficient (Wildman–Crippen LogP) is 3.50. The number of amides is 3. The Morgan fingerprint density at radius 3 is 2.41 bits per heavy atom. The number of nitrogens with one attached hydrogen (secondary N) is 1. The zero-order chi connectivity index (χ0) is 20.6. The number of fused-ring (bicyclic) bond motifs is 1. The highest BCUT2D eigenvalue weighted by Crippen LogP contribution is 2.33. The van der Waals surface area contributed by atoms with Crippen LogP contribution >= 0.6 is 0 Å². The Hall–Kier alpha value is -3.67. The summed E-state index contributed by atoms with van der Waals surface area (Å²) in [5.41, 5.74) is -0.128. The molecule has 1 saturated heterocycles. The fourth-order valence-electron chi connectivity index (χ4n) is 3.70. The number of urea groups is 1. The van der Waals surface area contributed by atoms with Crippen LogP contribution in [0.5, 0.6) is 5.75 Å². The van der Waals surface area contributed by atoms with Gasteiger partial charge in [-0.2, -0.15) is 0 Å². The van der Waals surface area contributed by atoms with Gasteiger partial charge in [0.05, 0.1) is 13.7 Å². The SMILES string of the molecule is COc1ccc(C(=O)CN2C(=O)N[C@@](C)(c3cccc4ccccc34)C2=O)cc1. The Morgan fingerprint density at radius 2 is 1.69 bits per heavy atom. The van der Waals surface area contributed by atoms with Crippen LogP contribution in [0, 0.1) is 0 Å². The van der Waals surface area contributed by atoms with Crippen LogP contribution in [-0.4, -0.2) is 36.3 Å². The molecule has 1 aliphatic heterocycles. The lowest BCUT2D eigenvalue weighted by Gasteiger charge is -2.24. The molecule has 6 heteroatoms. The summed E-state index contributed by atoms with van der Waals surface area (Å²) in [6.07, 6.45) is 0. The van der Waals surface area contributed by atoms with Gasteiger partial charge in [0.25, 0.3) is 5.91 Å². The molecule has 29 heavy (non-hydrogen) atoms. The molecule has 0 unspecified atom stereocenters. The van der Waals surface area contributed by atoms with E-state index in [1.165, 1.54) is 7.11 Å². The Bertz CT molecular complexity index is 1120. The van der Waals surface area contributed by atoms with Crippen molar-refractivity contribution in [1.29, 1.82) is 0 Å². The molecule has 4 rings (SSSR count). The van der Waals surface area contributed by atoms with Crippen LogP contribution in [0.2, 0.25) is 0 Å². The minimum Gasteiger partial charge on any atom is -0.497 e. The Balaban J connectivity index is 1.63. The van der Waals surface area contributed by atoms with Gasteiger partial charge in [-0.3, -0.25) is 14.5 Å². The van der Waals surface area contributed by atoms with Crippen molar-refractivity contribution in [2.24, 2.45) is 0 Å². The molecule has 3 aromatic carbocycles. The van der Waals surface area contributed by atoms with Crippen molar-refractivity contribution in [2.75, 3.05) is 13.7 Å². The molecule has 0 aliphatic carbocycles. The maximum absolute atomic E-state index is 13.2. The second-order valence-corrected chi connectivity index (χ2v) is 7.12. The normalized spacial score (nSPS) is 18.8. The van der Waals surface area contributed by atoms with Gasteiger partial charge in [-0.05, 0) is 47.5 Å². The van der Waals surface area contributed by atoms with Crippen LogP contribution in [0.1, 0.15) is 22.8 Å². The third kappa shape index (κ3) is 3.12. The molecule has 0 radical (unpaired) electrons. The van der Waals surface area contributed by atoms with E-state index in [-0.39, 0.29) is 12.3 Å². The zero-order valence-corrected chi connectivity index (χ0v) is 16.1. The fourth-order valence-corrected chi connectivity index (χ4v) is 3.70. The number of carbonyl (C=O) groups is 3. The number of ketones is 1. The molecule has 1 N–H and O–H groups in total. The lowest BCUT2D eigenvalue weighted by molar-refractivity contribution is -0.130. The molecule has 6 nitrogen and oxygen atoms in total. The summed E-state index contributed by atoms with van der Waals surface area (Å²) in [5, 5.41) is 4.64. The van der Waals surface area contributed by atoms with Crippen molar-refractivity contribution >= 4 is 28.5 Å². The predicted molar refractivity (Wildman–Crippen MR) is 109 cm³/mol. The van der Waals surface area contributed by atoms with E-state index >= 15 is 0 Å². The monoisotopic (exact) mass is 388 g/mol. The van der Waals surface area contributed by atoms with Crippen LogP contribution in [-0.2, 0) is 10.3 Å². The first kappa shape index (κ1) is 18.7. The maximum atomic E-state index is 13.2. The average Bonchev–Trinajstić information content (AvgIpc) is 2.97. The number of methoxy groups -OCH3 is 1. The molecule has 1 aliphatic rings. The van der Waals surface area contributed by atoms with Gasteiger partial charge in [0.2, 0.25) is 0 Å². The largest absolute Gasteiger partial charge is 0.497 e. The van der Waals surface area contributed by atoms with Gasteiger partial charge in [0, 0.05) is 5.56 Å². The first-order valence-electron chi connectivity index (χ1n) is 9.23. The van der Waals surface area contributed by atoms with Gasteiger partial charge in [-0.1, -0.05) is 42.5 Å². The van der Waals surface area contributed by atoms with Crippen LogP contribution in [0.3, 0.4) is 0 Å². The second-order valence-electron chi connectivity index (χ2n) is 7.12. The number of nitrogens with zero attached hydrogens (tertiary/aromatic N) is 1. The molecule has 0 saturated carbocycles. The standard InChI is InChI=1S/C23H20N2O4/c1-23(19-9-5-7-15-6-3-4-8-18(15)19)21(27)25(22(28)24-23)14-20(26)16-10-12-17(29-2)13-11-16/h3-13H,14H2,1-2H3,(H,24,28)/t23-/m0/s1. The van der Waals surface area contributed by atoms with Crippen LogP contribution in [0.15, 0.2) is 66.7 Å². The minimum absolute atomic E-state index is 0.321. The third-order valence-electron chi connectivity index (χ3n) is 5.32. The number of ether oxygens (including phenoxy) is 1. The van der Waals surface area contributed by atoms with E-state index in [1.807, 2.05) is 42.5 Å². The molecular formula is C23H20N2O4. The summed E-state index contributed by atoms with van der Waals surface area (Å²) in [4.78, 5) is 39.4. The minimum atomic E-state index is -1.24. The summed E-state index contributed by atoms with van der Waals surface area (Å²) < 4.78 is 5.09. The first-order valence-corrected chi connectivity index (χ1v) is 9.23. The van der Waals surface area contributed by atoms with E-state index in [0.29, 0.717) is 16.9 Å². The average molecular weight is 388 g/mol. The smallest absolute Gasteiger partial charge is 0.325 e. The van der Waals surface area contributed by atoms with Crippen molar-refractivity contribution < 1.29 is 19.1 Å². The Morgan fingerprint density at radius 1 is 1.00 bits per heavy atom. The lowest BCUT2D eigenvalue weighted by atomic mass is 9.88. The van der Waals surface area contributed by atoms with Gasteiger partial charge in [-0.15, -0.1) is 0 Å². The molecule has 1 atom stereocenters. The van der Waals surface area contributed by atoms with E-state index < -0.39 is 17.5 Å². The zero-order valence-electron chi connectivity index (χ0n) is 16.1. The van der Waals surface area contributed by atoms with E-state index in [1.54, 1.807) is 31.2 Å². The van der Waals surface area contributed by atoms with Crippen LogP contribution < -0.4 is 10.1 Å². The van der Waals surface area contributed by atoms with E-state index in [9.17, 15) is 14.4 Å². The van der Waals surface area contributed by atoms with Crippen molar-refractivity contribution in [1.82, 2.24) is 10.2 Å². The molecule has 146 valence electrons. The quantitative estimate of drug-likeness (QED) is 0.536. The van der Waals surface area contributed by atoms with Crippen molar-refractivity contribution in [3.05, 3.63) is 77.9 Å². The number of imide groups is 1. The first-order chi connectivity index (χ1) is 13.9. The molecule has 3 aromatic rings. The molecule has 0 aromatic heterocycles. The topological polar surface area (TPSA) is 75.7 Å². The van der Waals surface area contributed by atoms with Crippen LogP contribution in [0.4, 0.5) is 4.79 Å². The Kier molecular flexibility index (Phi) is 4.54. The highest BCUT2D eigenvalue weighted by Gasteiger charge is 2.50. The van der Waals surface area contributed by atoms with Crippen molar-refractivity contribution in [3.8, 4) is 5.75 Å². The van der Waals surface area contributed by atoms with E-state index in [0.717, 1.165) is 15.7 Å². The maximum Gasteiger partial charge on any atom is 0.325 e. The highest BCUT2D eigenvalue weighted by atomic mass is 16.5. The van der Waals surface area contributed by atoms with E-state index in [2.05, 4.69) is 5.32 Å². The molecule has 1 fully saturated rings. The van der Waals surface area contributed by atoms with Gasteiger partial charge < -0.3 is 10.1 Å². The Labute approximate surface area is 168 Å². The summed E-state index contributed by atoms with van der Waals surface area (Å²) in [5.74, 6) is -0.140. The summed E-state index contributed by atoms with van der Waals surface area (Å²) in [6.45, 7) is 1.35. The number of benzene rings is 3. The summed E-state index contributed by atoms with van der Waals surface area (Å²) in [7, 11) is 1.54. The van der Waals surface area contributed by atoms with Gasteiger partial charge in [-0.25, -0.2) is 4.79 Å². The van der Waals surface area contributed by atoms with Crippen LogP contribution in [0.25, 0.3) is 10.8 Å². The molecule has 0 bridgehead atoms. The molecular weight excluding hydrogens is 368 g/mol. The number of hydrogen-bond acceptors (Lipinski definition) is 4. The van der Waals surface area contributed by atoms with E-state index in [4.69, 9.17) is 4.74 Å². The van der Waals surface area contributed by atoms with Crippen molar-refractivity contribution in [3.63, 3.8) is 0 Å². The summed E-state index contributed by atoms with van der Waals surface area (Å²) in [6, 6.07) is 19.3. The second kappa shape index (κ2) is 7.05. The third-order valence-corrected chi connectivity index (χ3v) is 5.32. The lowest BCUT2D eigenvalue weighted by Crippen LogP contribution is -2.41. The number of rotatable bonds is 5. The van der Waals surface area contributed by atoms with Gasteiger partial charge in [0.15, 0.2) is 5.78 Å². The highest BCUT2D eigenvalue weighted by molar-refractivity contribution is 6.12. The number of Topliss-reactive ketones (excluding diaryl/α,β-unsaturated/α-hetero) is 1. The molecule has 1 heterocycles. The summed E-state index contributed by atoms with van der Waals surface area (Å²) >= 11 is 0.